The highest BCUT2D eigenvalue weighted by Crippen LogP contribution is 2.43. The zero-order valence-electron chi connectivity index (χ0n) is 28.6. The van der Waals surface area contributed by atoms with Gasteiger partial charge in [0.1, 0.15) is 11.5 Å². The van der Waals surface area contributed by atoms with Gasteiger partial charge in [0, 0.05) is 13.2 Å². The second kappa shape index (κ2) is 18.0. The molecular weight excluding hydrogens is 575 g/mol. The van der Waals surface area contributed by atoms with E-state index in [0.29, 0.717) is 28.9 Å². The van der Waals surface area contributed by atoms with Crippen LogP contribution < -0.4 is 14.5 Å². The lowest BCUT2D eigenvalue weighted by Crippen LogP contribution is -2.50. The summed E-state index contributed by atoms with van der Waals surface area (Å²) < 4.78 is 12.8. The number of hydrogen-bond acceptors (Lipinski definition) is 4. The number of ether oxygens (including phenoxy) is 1. The molecule has 6 heteroatoms. The topological polar surface area (TPSA) is 67.8 Å². The predicted octanol–water partition coefficient (Wildman–Crippen LogP) is 9.66. The van der Waals surface area contributed by atoms with Crippen LogP contribution in [0.1, 0.15) is 97.3 Å². The summed E-state index contributed by atoms with van der Waals surface area (Å²) in [5, 5.41) is 11.8. The summed E-state index contributed by atoms with van der Waals surface area (Å²) in [5.41, 5.74) is 7.41. The summed E-state index contributed by atoms with van der Waals surface area (Å²) in [6, 6.07) is 27.3. The van der Waals surface area contributed by atoms with E-state index in [-0.39, 0.29) is 19.1 Å². The molecular formula is C39H55NO4Si. The fourth-order valence-electron chi connectivity index (χ4n) is 6.66. The van der Waals surface area contributed by atoms with Gasteiger partial charge >= 0.3 is 0 Å². The molecule has 3 rings (SSSR count). The van der Waals surface area contributed by atoms with Crippen LogP contribution in [0.5, 0.6) is 11.5 Å². The standard InChI is InChI=1S/C39H55NO4Si/c1-8-37(32-16-12-11-13-17-32)39(34-20-24-36(25-21-34)44-45(29(2)3,30(4)5)31(6)7)33-18-22-35(23-19-33)43-28-38(42)40-26-14-9-10-15-27-41/h11-13,16-25,29-31,41H,8-10,14-15,26-28H2,1-7H3,(H,40,42)/b39-37-. The van der Waals surface area contributed by atoms with Gasteiger partial charge in [-0.05, 0) is 88.0 Å². The Bertz CT molecular complexity index is 1310. The summed E-state index contributed by atoms with van der Waals surface area (Å²) in [5.74, 6) is 1.49. The van der Waals surface area contributed by atoms with Crippen LogP contribution in [0, 0.1) is 0 Å². The normalized spacial score (nSPS) is 12.4. The molecule has 3 aromatic carbocycles. The molecule has 0 fully saturated rings. The number of aliphatic hydroxyl groups is 1. The molecule has 0 aliphatic rings. The first-order chi connectivity index (χ1) is 21.6. The number of amides is 1. The summed E-state index contributed by atoms with van der Waals surface area (Å²) in [4.78, 5) is 12.3. The van der Waals surface area contributed by atoms with E-state index in [4.69, 9.17) is 14.3 Å². The van der Waals surface area contributed by atoms with Crippen molar-refractivity contribution >= 4 is 25.4 Å². The van der Waals surface area contributed by atoms with Crippen LogP contribution >= 0.6 is 0 Å². The third-order valence-electron chi connectivity index (χ3n) is 8.84. The van der Waals surface area contributed by atoms with Crippen LogP contribution in [0.3, 0.4) is 0 Å². The van der Waals surface area contributed by atoms with Gasteiger partial charge in [0.05, 0.1) is 0 Å². The lowest BCUT2D eigenvalue weighted by molar-refractivity contribution is -0.123. The number of aliphatic hydroxyl groups excluding tert-OH is 1. The second-order valence-electron chi connectivity index (χ2n) is 12.8. The van der Waals surface area contributed by atoms with E-state index in [9.17, 15) is 4.79 Å². The van der Waals surface area contributed by atoms with E-state index in [1.165, 1.54) is 16.7 Å². The van der Waals surface area contributed by atoms with Gasteiger partial charge in [-0.2, -0.15) is 0 Å². The molecule has 45 heavy (non-hydrogen) atoms. The first-order valence-corrected chi connectivity index (χ1v) is 19.0. The predicted molar refractivity (Wildman–Crippen MR) is 191 cm³/mol. The van der Waals surface area contributed by atoms with E-state index in [1.807, 2.05) is 12.1 Å². The maximum absolute atomic E-state index is 12.3. The first-order valence-electron chi connectivity index (χ1n) is 16.8. The van der Waals surface area contributed by atoms with Crippen LogP contribution in [0.15, 0.2) is 78.9 Å². The molecule has 0 unspecified atom stereocenters. The van der Waals surface area contributed by atoms with Crippen LogP contribution in [0.4, 0.5) is 0 Å². The number of allylic oxidation sites excluding steroid dienone is 1. The molecule has 0 saturated carbocycles. The maximum atomic E-state index is 12.3. The highest BCUT2D eigenvalue weighted by molar-refractivity contribution is 6.78. The maximum Gasteiger partial charge on any atom is 0.258 e. The van der Waals surface area contributed by atoms with Crippen molar-refractivity contribution in [3.8, 4) is 11.5 Å². The fourth-order valence-corrected chi connectivity index (χ4v) is 11.9. The van der Waals surface area contributed by atoms with Crippen molar-refractivity contribution in [3.63, 3.8) is 0 Å². The lowest BCUT2D eigenvalue weighted by atomic mass is 9.88. The fraction of sp³-hybridized carbons (Fsp3) is 0.462. The molecule has 0 radical (unpaired) electrons. The molecule has 3 aromatic rings. The van der Waals surface area contributed by atoms with E-state index in [2.05, 4.69) is 121 Å². The second-order valence-corrected chi connectivity index (χ2v) is 18.2. The number of nitrogens with one attached hydrogen (secondary N) is 1. The molecule has 2 N–H and O–H groups in total. The quantitative estimate of drug-likeness (QED) is 0.0835. The molecule has 0 spiro atoms. The minimum Gasteiger partial charge on any atom is -0.543 e. The van der Waals surface area contributed by atoms with E-state index in [1.54, 1.807) is 0 Å². The summed E-state index contributed by atoms with van der Waals surface area (Å²) in [7, 11) is -2.06. The Balaban J connectivity index is 1.85. The third kappa shape index (κ3) is 9.82. The SMILES string of the molecule is CC/C(=C(\c1ccc(OCC(=O)NCCCCCCO)cc1)c1ccc(O[Si](C(C)C)(C(C)C)C(C)C)cc1)c1ccccc1. The number of carbonyl (C=O) groups excluding carboxylic acids is 1. The first kappa shape index (κ1) is 36.1. The molecule has 5 nitrogen and oxygen atoms in total. The number of hydrogen-bond donors (Lipinski definition) is 2. The van der Waals surface area contributed by atoms with Gasteiger partial charge in [-0.1, -0.05) is 116 Å². The zero-order chi connectivity index (χ0) is 32.8. The molecule has 0 aliphatic heterocycles. The molecule has 1 amide bonds. The van der Waals surface area contributed by atoms with Gasteiger partial charge in [0.15, 0.2) is 6.61 Å². The van der Waals surface area contributed by atoms with Crippen molar-refractivity contribution in [3.05, 3.63) is 95.6 Å². The Morgan fingerprint density at radius 1 is 0.711 bits per heavy atom. The minimum atomic E-state index is -2.06. The molecule has 0 aliphatic carbocycles. The Labute approximate surface area is 273 Å². The van der Waals surface area contributed by atoms with E-state index >= 15 is 0 Å². The van der Waals surface area contributed by atoms with Crippen molar-refractivity contribution in [2.75, 3.05) is 19.8 Å². The molecule has 0 bridgehead atoms. The van der Waals surface area contributed by atoms with Gasteiger partial charge in [-0.3, -0.25) is 4.79 Å². The Hall–Kier alpha value is -3.35. The Kier molecular flexibility index (Phi) is 14.4. The smallest absolute Gasteiger partial charge is 0.258 e. The van der Waals surface area contributed by atoms with Crippen LogP contribution in [-0.2, 0) is 4.79 Å². The van der Waals surface area contributed by atoms with Crippen LogP contribution in [0.2, 0.25) is 16.6 Å². The largest absolute Gasteiger partial charge is 0.543 e. The van der Waals surface area contributed by atoms with Gasteiger partial charge in [0.25, 0.3) is 14.2 Å². The van der Waals surface area contributed by atoms with Crippen molar-refractivity contribution in [2.24, 2.45) is 0 Å². The van der Waals surface area contributed by atoms with E-state index in [0.717, 1.165) is 49.0 Å². The van der Waals surface area contributed by atoms with Crippen LogP contribution in [0.25, 0.3) is 11.1 Å². The number of rotatable bonds is 18. The van der Waals surface area contributed by atoms with Gasteiger partial charge in [-0.25, -0.2) is 0 Å². The zero-order valence-corrected chi connectivity index (χ0v) is 29.6. The average molecular weight is 630 g/mol. The van der Waals surface area contributed by atoms with Crippen molar-refractivity contribution < 1.29 is 19.1 Å². The van der Waals surface area contributed by atoms with Crippen molar-refractivity contribution in [2.45, 2.75) is 97.2 Å². The Morgan fingerprint density at radius 2 is 1.24 bits per heavy atom. The summed E-state index contributed by atoms with van der Waals surface area (Å²) in [6.07, 6.45) is 4.56. The molecule has 0 atom stereocenters. The highest BCUT2D eigenvalue weighted by Gasteiger charge is 2.47. The Morgan fingerprint density at radius 3 is 1.76 bits per heavy atom. The minimum absolute atomic E-state index is 0.0156. The van der Waals surface area contributed by atoms with Gasteiger partial charge in [0.2, 0.25) is 0 Å². The number of benzene rings is 3. The van der Waals surface area contributed by atoms with Crippen LogP contribution in [-0.4, -0.2) is 39.1 Å². The van der Waals surface area contributed by atoms with Crippen molar-refractivity contribution in [1.82, 2.24) is 5.32 Å². The van der Waals surface area contributed by atoms with Gasteiger partial charge < -0.3 is 19.6 Å². The number of unbranched alkanes of at least 4 members (excludes halogenated alkanes) is 3. The number of carbonyl (C=O) groups is 1. The molecule has 0 heterocycles. The summed E-state index contributed by atoms with van der Waals surface area (Å²) in [6.45, 7) is 16.9. The molecule has 0 aromatic heterocycles. The molecule has 0 saturated heterocycles. The van der Waals surface area contributed by atoms with Gasteiger partial charge in [-0.15, -0.1) is 0 Å². The molecule has 244 valence electrons. The average Bonchev–Trinajstić information content (AvgIpc) is 3.03. The van der Waals surface area contributed by atoms with E-state index < -0.39 is 8.32 Å². The lowest BCUT2D eigenvalue weighted by Gasteiger charge is -2.42. The third-order valence-corrected chi connectivity index (χ3v) is 14.8. The monoisotopic (exact) mass is 629 g/mol. The highest BCUT2D eigenvalue weighted by atomic mass is 28.4. The summed E-state index contributed by atoms with van der Waals surface area (Å²) >= 11 is 0. The van der Waals surface area contributed by atoms with Crippen molar-refractivity contribution in [1.29, 1.82) is 0 Å².